The van der Waals surface area contributed by atoms with E-state index in [0.29, 0.717) is 43.2 Å². The maximum atomic E-state index is 13.0. The minimum absolute atomic E-state index is 0.135. The number of likely N-dealkylation sites (tertiary alicyclic amines) is 1. The summed E-state index contributed by atoms with van der Waals surface area (Å²) in [7, 11) is 0. The fraction of sp³-hybridized carbons (Fsp3) is 0.333. The van der Waals surface area contributed by atoms with Crippen LogP contribution in [0.1, 0.15) is 35.7 Å². The smallest absolute Gasteiger partial charge is 0.222 e. The third-order valence-electron chi connectivity index (χ3n) is 5.62. The van der Waals surface area contributed by atoms with Crippen LogP contribution in [-0.2, 0) is 17.6 Å². The average molecular weight is 442 g/mol. The molecule has 1 aliphatic rings. The van der Waals surface area contributed by atoms with Crippen molar-refractivity contribution in [2.24, 2.45) is 0 Å². The fourth-order valence-corrected chi connectivity index (χ4v) is 4.03. The molecule has 0 radical (unpaired) electrons. The molecule has 0 unspecified atom stereocenters. The highest BCUT2D eigenvalue weighted by Gasteiger charge is 2.28. The lowest BCUT2D eigenvalue weighted by Crippen LogP contribution is -2.28. The Balaban J connectivity index is 1.23. The molecule has 1 fully saturated rings. The molecular formula is C24H25ClFN3O2. The van der Waals surface area contributed by atoms with Crippen molar-refractivity contribution in [1.82, 2.24) is 15.1 Å². The van der Waals surface area contributed by atoms with Gasteiger partial charge in [-0.2, -0.15) is 5.10 Å². The Bertz CT molecular complexity index is 1020. The molecule has 31 heavy (non-hydrogen) atoms. The molecule has 1 aliphatic heterocycles. The summed E-state index contributed by atoms with van der Waals surface area (Å²) in [6.07, 6.45) is 2.66. The Labute approximate surface area is 186 Å². The lowest BCUT2D eigenvalue weighted by molar-refractivity contribution is -0.130. The lowest BCUT2D eigenvalue weighted by atomic mass is 10.0. The highest BCUT2D eigenvalue weighted by Crippen LogP contribution is 2.27. The summed E-state index contributed by atoms with van der Waals surface area (Å²) >= 11 is 6.11. The quantitative estimate of drug-likeness (QED) is 0.547. The summed E-state index contributed by atoms with van der Waals surface area (Å²) in [4.78, 5) is 14.5. The van der Waals surface area contributed by atoms with Gasteiger partial charge in [0.2, 0.25) is 5.91 Å². The molecule has 0 bridgehead atoms. The van der Waals surface area contributed by atoms with Gasteiger partial charge in [0.1, 0.15) is 11.6 Å². The molecule has 1 N–H and O–H groups in total. The van der Waals surface area contributed by atoms with Crippen molar-refractivity contribution in [3.05, 3.63) is 82.4 Å². The number of benzene rings is 2. The highest BCUT2D eigenvalue weighted by atomic mass is 35.5. The molecule has 0 spiro atoms. The summed E-state index contributed by atoms with van der Waals surface area (Å²) in [6.45, 7) is 1.93. The number of hydrogen-bond donors (Lipinski definition) is 1. The van der Waals surface area contributed by atoms with Gasteiger partial charge in [-0.3, -0.25) is 9.89 Å². The van der Waals surface area contributed by atoms with Crippen LogP contribution in [0, 0.1) is 5.82 Å². The highest BCUT2D eigenvalue weighted by molar-refractivity contribution is 6.32. The van der Waals surface area contributed by atoms with E-state index in [2.05, 4.69) is 16.3 Å². The number of aromatic amines is 1. The Morgan fingerprint density at radius 1 is 1.19 bits per heavy atom. The number of carbonyl (C=O) groups excluding carboxylic acids is 1. The second kappa shape index (κ2) is 9.96. The largest absolute Gasteiger partial charge is 0.492 e. The number of nitrogens with one attached hydrogen (secondary N) is 1. The van der Waals surface area contributed by atoms with Gasteiger partial charge in [0.15, 0.2) is 0 Å². The Morgan fingerprint density at radius 2 is 2.00 bits per heavy atom. The van der Waals surface area contributed by atoms with E-state index in [4.69, 9.17) is 16.3 Å². The Hall–Kier alpha value is -2.86. The van der Waals surface area contributed by atoms with E-state index in [1.807, 2.05) is 23.1 Å². The van der Waals surface area contributed by atoms with E-state index < -0.39 is 0 Å². The summed E-state index contributed by atoms with van der Waals surface area (Å²) in [5, 5.41) is 8.14. The first-order valence-electron chi connectivity index (χ1n) is 10.5. The fourth-order valence-electron chi connectivity index (χ4n) is 3.84. The predicted molar refractivity (Wildman–Crippen MR) is 118 cm³/mol. The van der Waals surface area contributed by atoms with E-state index >= 15 is 0 Å². The molecule has 5 nitrogen and oxygen atoms in total. The first-order chi connectivity index (χ1) is 15.1. The van der Waals surface area contributed by atoms with Crippen molar-refractivity contribution < 1.29 is 13.9 Å². The molecule has 7 heteroatoms. The molecule has 0 aliphatic carbocycles. The van der Waals surface area contributed by atoms with Crippen molar-refractivity contribution in [1.29, 1.82) is 0 Å². The van der Waals surface area contributed by atoms with Crippen molar-refractivity contribution in [3.8, 4) is 5.75 Å². The number of halogens is 2. The average Bonchev–Trinajstić information content (AvgIpc) is 3.44. The van der Waals surface area contributed by atoms with Gasteiger partial charge in [-0.05, 0) is 48.7 Å². The van der Waals surface area contributed by atoms with Crippen LogP contribution < -0.4 is 4.74 Å². The van der Waals surface area contributed by atoms with Gasteiger partial charge in [0.05, 0.1) is 17.3 Å². The van der Waals surface area contributed by atoms with Crippen LogP contribution in [0.5, 0.6) is 5.75 Å². The van der Waals surface area contributed by atoms with Crippen molar-refractivity contribution in [3.63, 3.8) is 0 Å². The zero-order valence-corrected chi connectivity index (χ0v) is 17.9. The number of para-hydroxylation sites is 1. The number of aryl methyl sites for hydroxylation is 1. The van der Waals surface area contributed by atoms with E-state index in [0.717, 1.165) is 29.9 Å². The number of carbonyl (C=O) groups is 1. The molecule has 4 rings (SSSR count). The summed E-state index contributed by atoms with van der Waals surface area (Å²) in [6, 6.07) is 15.8. The first kappa shape index (κ1) is 21.4. The van der Waals surface area contributed by atoms with E-state index in [-0.39, 0.29) is 17.6 Å². The van der Waals surface area contributed by atoms with E-state index in [9.17, 15) is 9.18 Å². The standard InChI is InChI=1S/C24H25ClFN3O2/c25-21-3-1-2-4-23(21)31-14-12-20-15-22(28-27-20)18-11-13-29(16-18)24(30)10-7-17-5-8-19(26)9-6-17/h1-6,8-9,15,18H,7,10-14,16H2,(H,27,28)/t18-/m0/s1. The molecule has 3 aromatic rings. The van der Waals surface area contributed by atoms with Crippen molar-refractivity contribution in [2.45, 2.75) is 31.6 Å². The molecule has 2 heterocycles. The van der Waals surface area contributed by atoms with Crippen molar-refractivity contribution >= 4 is 17.5 Å². The van der Waals surface area contributed by atoms with Crippen LogP contribution in [0.2, 0.25) is 5.02 Å². The van der Waals surface area contributed by atoms with Crippen LogP contribution in [0.3, 0.4) is 0 Å². The van der Waals surface area contributed by atoms with Gasteiger partial charge in [0, 0.05) is 37.5 Å². The molecule has 1 amide bonds. The van der Waals surface area contributed by atoms with Gasteiger partial charge in [-0.25, -0.2) is 4.39 Å². The number of H-pyrrole nitrogens is 1. The van der Waals surface area contributed by atoms with E-state index in [1.54, 1.807) is 18.2 Å². The predicted octanol–water partition coefficient (Wildman–Crippen LogP) is 4.77. The van der Waals surface area contributed by atoms with Gasteiger partial charge in [-0.1, -0.05) is 35.9 Å². The second-order valence-corrected chi connectivity index (χ2v) is 8.21. The number of hydrogen-bond acceptors (Lipinski definition) is 3. The van der Waals surface area contributed by atoms with Gasteiger partial charge in [0.25, 0.3) is 0 Å². The first-order valence-corrected chi connectivity index (χ1v) is 10.9. The van der Waals surface area contributed by atoms with Gasteiger partial charge in [-0.15, -0.1) is 0 Å². The zero-order chi connectivity index (χ0) is 21.6. The SMILES string of the molecule is O=C(CCc1ccc(F)cc1)N1CC[C@H](c2cc(CCOc3ccccc3Cl)[nH]n2)C1. The third kappa shape index (κ3) is 5.64. The Kier molecular flexibility index (Phi) is 6.87. The lowest BCUT2D eigenvalue weighted by Gasteiger charge is -2.16. The number of rotatable bonds is 8. The van der Waals surface area contributed by atoms with Crippen molar-refractivity contribution in [2.75, 3.05) is 19.7 Å². The molecule has 162 valence electrons. The number of ether oxygens (including phenoxy) is 1. The zero-order valence-electron chi connectivity index (χ0n) is 17.2. The number of nitrogens with zero attached hydrogens (tertiary/aromatic N) is 2. The van der Waals surface area contributed by atoms with Gasteiger partial charge >= 0.3 is 0 Å². The number of aromatic nitrogens is 2. The van der Waals surface area contributed by atoms with Crippen LogP contribution in [-0.4, -0.2) is 40.7 Å². The monoisotopic (exact) mass is 441 g/mol. The minimum Gasteiger partial charge on any atom is -0.492 e. The maximum absolute atomic E-state index is 13.0. The molecule has 1 atom stereocenters. The minimum atomic E-state index is -0.258. The Morgan fingerprint density at radius 3 is 2.81 bits per heavy atom. The molecule has 2 aromatic carbocycles. The maximum Gasteiger partial charge on any atom is 0.222 e. The van der Waals surface area contributed by atoms with Crippen LogP contribution in [0.15, 0.2) is 54.6 Å². The molecular weight excluding hydrogens is 417 g/mol. The molecule has 1 saturated heterocycles. The van der Waals surface area contributed by atoms with Gasteiger partial charge < -0.3 is 9.64 Å². The summed E-state index contributed by atoms with van der Waals surface area (Å²) in [5.41, 5.74) is 2.96. The van der Waals surface area contributed by atoms with Crippen LogP contribution in [0.25, 0.3) is 0 Å². The second-order valence-electron chi connectivity index (χ2n) is 7.80. The van der Waals surface area contributed by atoms with Crippen LogP contribution >= 0.6 is 11.6 Å². The third-order valence-corrected chi connectivity index (χ3v) is 5.93. The normalized spacial score (nSPS) is 15.9. The summed E-state index contributed by atoms with van der Waals surface area (Å²) in [5.74, 6) is 0.792. The number of amides is 1. The topological polar surface area (TPSA) is 58.2 Å². The summed E-state index contributed by atoms with van der Waals surface area (Å²) < 4.78 is 18.7. The van der Waals surface area contributed by atoms with Crippen LogP contribution in [0.4, 0.5) is 4.39 Å². The molecule has 0 saturated carbocycles. The van der Waals surface area contributed by atoms with E-state index in [1.165, 1.54) is 12.1 Å². The molecule has 1 aromatic heterocycles.